The molecule has 88 valence electrons. The van der Waals surface area contributed by atoms with Crippen molar-refractivity contribution in [3.8, 4) is 0 Å². The number of non-ortho nitro benzene ring substituents is 1. The number of nitro groups is 1. The molecule has 1 aromatic heterocycles. The highest BCUT2D eigenvalue weighted by atomic mass is 35.5. The monoisotopic (exact) mass is 269 g/mol. The van der Waals surface area contributed by atoms with E-state index in [-0.39, 0.29) is 5.69 Å². The molecule has 0 unspecified atom stereocenters. The van der Waals surface area contributed by atoms with Gasteiger partial charge >= 0.3 is 0 Å². The number of aromatic nitrogens is 1. The number of hydrogen-bond acceptors (Lipinski definition) is 5. The number of halogens is 1. The van der Waals surface area contributed by atoms with Gasteiger partial charge in [0.25, 0.3) is 5.69 Å². The molecule has 0 saturated heterocycles. The number of anilines is 1. The summed E-state index contributed by atoms with van der Waals surface area (Å²) in [5.74, 6) is 0. The molecule has 1 N–H and O–H groups in total. The van der Waals surface area contributed by atoms with Crippen molar-refractivity contribution in [1.82, 2.24) is 4.98 Å². The number of nitrogens with zero attached hydrogens (tertiary/aromatic N) is 2. The van der Waals surface area contributed by atoms with E-state index in [2.05, 4.69) is 10.3 Å². The summed E-state index contributed by atoms with van der Waals surface area (Å²) in [5.41, 5.74) is 0.884. The zero-order chi connectivity index (χ0) is 12.3. The molecule has 17 heavy (non-hydrogen) atoms. The number of hydrogen-bond donors (Lipinski definition) is 1. The van der Waals surface area contributed by atoms with Crippen LogP contribution in [0.25, 0.3) is 0 Å². The van der Waals surface area contributed by atoms with E-state index in [1.165, 1.54) is 23.5 Å². The number of nitro benzene ring substituents is 1. The quantitative estimate of drug-likeness (QED) is 0.683. The summed E-state index contributed by atoms with van der Waals surface area (Å²) in [4.78, 5) is 14.1. The van der Waals surface area contributed by atoms with Gasteiger partial charge < -0.3 is 5.32 Å². The van der Waals surface area contributed by atoms with E-state index in [1.807, 2.05) is 0 Å². The van der Waals surface area contributed by atoms with Gasteiger partial charge in [-0.25, -0.2) is 4.98 Å². The lowest BCUT2D eigenvalue weighted by Gasteiger charge is -2.03. The number of benzene rings is 1. The number of nitrogens with one attached hydrogen (secondary N) is 1. The largest absolute Gasteiger partial charge is 0.379 e. The van der Waals surface area contributed by atoms with Crippen LogP contribution in [0, 0.1) is 10.1 Å². The molecular weight excluding hydrogens is 262 g/mol. The summed E-state index contributed by atoms with van der Waals surface area (Å²) in [7, 11) is 0. The second-order valence-electron chi connectivity index (χ2n) is 3.22. The molecule has 0 radical (unpaired) electrons. The minimum Gasteiger partial charge on any atom is -0.379 e. The van der Waals surface area contributed by atoms with Gasteiger partial charge in [-0.15, -0.1) is 11.3 Å². The highest BCUT2D eigenvalue weighted by molar-refractivity contribution is 7.15. The minimum atomic E-state index is -0.426. The predicted octanol–water partition coefficient (Wildman–Crippen LogP) is 3.32. The lowest BCUT2D eigenvalue weighted by molar-refractivity contribution is -0.384. The molecule has 5 nitrogen and oxygen atoms in total. The zero-order valence-corrected chi connectivity index (χ0v) is 10.2. The number of thiazole rings is 1. The minimum absolute atomic E-state index is 0.0767. The van der Waals surface area contributed by atoms with Gasteiger partial charge in [-0.2, -0.15) is 0 Å². The molecule has 0 atom stereocenters. The Morgan fingerprint density at radius 3 is 2.65 bits per heavy atom. The van der Waals surface area contributed by atoms with Gasteiger partial charge in [0, 0.05) is 17.8 Å². The maximum Gasteiger partial charge on any atom is 0.269 e. The van der Waals surface area contributed by atoms with Gasteiger partial charge in [0.15, 0.2) is 0 Å². The van der Waals surface area contributed by atoms with Crippen molar-refractivity contribution < 1.29 is 4.92 Å². The molecule has 0 fully saturated rings. The van der Waals surface area contributed by atoms with E-state index in [0.717, 1.165) is 10.7 Å². The second kappa shape index (κ2) is 5.11. The summed E-state index contributed by atoms with van der Waals surface area (Å²) < 4.78 is 0.644. The first-order chi connectivity index (χ1) is 8.15. The van der Waals surface area contributed by atoms with Crippen LogP contribution < -0.4 is 5.32 Å². The summed E-state index contributed by atoms with van der Waals surface area (Å²) >= 11 is 7.15. The average Bonchev–Trinajstić information content (AvgIpc) is 2.73. The van der Waals surface area contributed by atoms with Crippen LogP contribution in [0.4, 0.5) is 11.4 Å². The Hall–Kier alpha value is -1.66. The van der Waals surface area contributed by atoms with Crippen molar-refractivity contribution in [2.75, 3.05) is 5.32 Å². The molecule has 2 rings (SSSR count). The fourth-order valence-electron chi connectivity index (χ4n) is 1.25. The topological polar surface area (TPSA) is 68.1 Å². The van der Waals surface area contributed by atoms with Crippen molar-refractivity contribution in [2.24, 2.45) is 0 Å². The normalized spacial score (nSPS) is 10.2. The van der Waals surface area contributed by atoms with Crippen molar-refractivity contribution in [3.05, 3.63) is 49.9 Å². The second-order valence-corrected chi connectivity index (χ2v) is 4.96. The molecule has 1 aromatic carbocycles. The van der Waals surface area contributed by atoms with Crippen LogP contribution in [0.3, 0.4) is 0 Å². The first-order valence-corrected chi connectivity index (χ1v) is 5.93. The van der Waals surface area contributed by atoms with Gasteiger partial charge in [0.1, 0.15) is 9.34 Å². The molecule has 0 bridgehead atoms. The Labute approximate surface area is 106 Å². The van der Waals surface area contributed by atoms with Gasteiger partial charge in [-0.05, 0) is 12.1 Å². The van der Waals surface area contributed by atoms with Crippen LogP contribution >= 0.6 is 22.9 Å². The van der Waals surface area contributed by atoms with Gasteiger partial charge in [-0.1, -0.05) is 11.6 Å². The van der Waals surface area contributed by atoms with Crippen LogP contribution in [0.15, 0.2) is 30.5 Å². The maximum atomic E-state index is 10.5. The van der Waals surface area contributed by atoms with E-state index in [0.29, 0.717) is 10.9 Å². The van der Waals surface area contributed by atoms with E-state index < -0.39 is 4.92 Å². The Balaban J connectivity index is 1.97. The summed E-state index contributed by atoms with van der Waals surface area (Å²) in [6.45, 7) is 0.551. The van der Waals surface area contributed by atoms with Gasteiger partial charge in [0.05, 0.1) is 17.7 Å². The average molecular weight is 270 g/mol. The molecule has 2 aromatic rings. The molecule has 0 spiro atoms. The van der Waals surface area contributed by atoms with Crippen molar-refractivity contribution in [1.29, 1.82) is 0 Å². The maximum absolute atomic E-state index is 10.5. The lowest BCUT2D eigenvalue weighted by Crippen LogP contribution is -1.98. The molecular formula is C10H8ClN3O2S. The molecule has 1 heterocycles. The molecule has 7 heteroatoms. The first-order valence-electron chi connectivity index (χ1n) is 4.73. The molecule has 0 saturated carbocycles. The van der Waals surface area contributed by atoms with E-state index in [4.69, 9.17) is 11.6 Å². The molecule has 0 amide bonds. The summed E-state index contributed by atoms with van der Waals surface area (Å²) in [6.07, 6.45) is 1.60. The SMILES string of the molecule is O=[N+]([O-])c1ccc(NCc2ncc(Cl)s2)cc1. The Morgan fingerprint density at radius 1 is 1.41 bits per heavy atom. The van der Waals surface area contributed by atoms with Crippen molar-refractivity contribution in [3.63, 3.8) is 0 Å². The zero-order valence-electron chi connectivity index (χ0n) is 8.59. The highest BCUT2D eigenvalue weighted by Gasteiger charge is 2.04. The Kier molecular flexibility index (Phi) is 3.55. The van der Waals surface area contributed by atoms with Crippen LogP contribution in [0.5, 0.6) is 0 Å². The van der Waals surface area contributed by atoms with E-state index in [1.54, 1.807) is 18.3 Å². The lowest BCUT2D eigenvalue weighted by atomic mass is 10.3. The fraction of sp³-hybridized carbons (Fsp3) is 0.100. The van der Waals surface area contributed by atoms with Crippen LogP contribution in [0.2, 0.25) is 4.34 Å². The molecule has 0 aliphatic carbocycles. The third-order valence-corrected chi connectivity index (χ3v) is 3.16. The van der Waals surface area contributed by atoms with Gasteiger partial charge in [0.2, 0.25) is 0 Å². The Morgan fingerprint density at radius 2 is 2.12 bits per heavy atom. The first kappa shape index (κ1) is 11.8. The molecule has 0 aliphatic rings. The third kappa shape index (κ3) is 3.15. The molecule has 0 aliphatic heterocycles. The van der Waals surface area contributed by atoms with Crippen molar-refractivity contribution in [2.45, 2.75) is 6.54 Å². The summed E-state index contributed by atoms with van der Waals surface area (Å²) in [6, 6.07) is 6.23. The predicted molar refractivity (Wildman–Crippen MR) is 67.5 cm³/mol. The third-order valence-electron chi connectivity index (χ3n) is 2.05. The fourth-order valence-corrected chi connectivity index (χ4v) is 2.14. The smallest absolute Gasteiger partial charge is 0.269 e. The Bertz CT molecular complexity index is 527. The van der Waals surface area contributed by atoms with E-state index >= 15 is 0 Å². The van der Waals surface area contributed by atoms with Crippen LogP contribution in [-0.2, 0) is 6.54 Å². The standard InChI is InChI=1S/C10H8ClN3O2S/c11-9-5-13-10(17-9)6-12-7-1-3-8(4-2-7)14(15)16/h1-5,12H,6H2. The highest BCUT2D eigenvalue weighted by Crippen LogP contribution is 2.20. The van der Waals surface area contributed by atoms with Crippen LogP contribution in [-0.4, -0.2) is 9.91 Å². The van der Waals surface area contributed by atoms with Crippen LogP contribution in [0.1, 0.15) is 5.01 Å². The number of rotatable bonds is 4. The van der Waals surface area contributed by atoms with E-state index in [9.17, 15) is 10.1 Å². The summed E-state index contributed by atoms with van der Waals surface area (Å²) in [5, 5.41) is 14.4. The van der Waals surface area contributed by atoms with Gasteiger partial charge in [-0.3, -0.25) is 10.1 Å². The van der Waals surface area contributed by atoms with Crippen molar-refractivity contribution >= 4 is 34.3 Å².